The maximum absolute atomic E-state index is 13.0. The molecule has 0 aromatic heterocycles. The molecule has 3 nitrogen and oxygen atoms in total. The Kier molecular flexibility index (Phi) is 4.72. The van der Waals surface area contributed by atoms with Crippen molar-refractivity contribution < 1.29 is 9.13 Å². The fourth-order valence-corrected chi connectivity index (χ4v) is 1.21. The average Bonchev–Trinajstić information content (AvgIpc) is 2.35. The topological polar surface area (TPSA) is 56.8 Å². The van der Waals surface area contributed by atoms with Gasteiger partial charge in [-0.2, -0.15) is 10.5 Å². The van der Waals surface area contributed by atoms with Crippen molar-refractivity contribution in [2.75, 3.05) is 6.61 Å². The fraction of sp³-hybridized carbons (Fsp3) is 0.231. The molecule has 0 radical (unpaired) electrons. The van der Waals surface area contributed by atoms with Gasteiger partial charge in [0.05, 0.1) is 6.61 Å². The van der Waals surface area contributed by atoms with Crippen LogP contribution >= 0.6 is 0 Å². The van der Waals surface area contributed by atoms with E-state index in [1.54, 1.807) is 12.1 Å². The maximum Gasteiger partial charge on any atom is 0.130 e. The molecular formula is C13H11FN2O. The van der Waals surface area contributed by atoms with Crippen LogP contribution in [0, 0.1) is 28.5 Å². The van der Waals surface area contributed by atoms with Crippen LogP contribution in [-0.2, 0) is 0 Å². The molecule has 0 aliphatic rings. The maximum atomic E-state index is 13.0. The zero-order chi connectivity index (χ0) is 12.7. The first kappa shape index (κ1) is 12.7. The van der Waals surface area contributed by atoms with Gasteiger partial charge in [0.15, 0.2) is 0 Å². The molecule has 0 saturated heterocycles. The highest BCUT2D eigenvalue weighted by Gasteiger charge is 2.04. The number of allylic oxidation sites excluding steroid dienone is 1. The minimum absolute atomic E-state index is 0.0436. The predicted molar refractivity (Wildman–Crippen MR) is 61.4 cm³/mol. The lowest BCUT2D eigenvalue weighted by Gasteiger charge is -2.08. The third-order valence-corrected chi connectivity index (χ3v) is 1.98. The molecule has 1 aromatic rings. The van der Waals surface area contributed by atoms with E-state index in [2.05, 4.69) is 0 Å². The first-order valence-corrected chi connectivity index (χ1v) is 5.15. The Bertz CT molecular complexity index is 493. The summed E-state index contributed by atoms with van der Waals surface area (Å²) in [6.07, 6.45) is 2.17. The Morgan fingerprint density at radius 2 is 2.12 bits per heavy atom. The van der Waals surface area contributed by atoms with Crippen molar-refractivity contribution in [2.24, 2.45) is 0 Å². The standard InChI is InChI=1S/C13H11FN2O/c1-2-5-17-13-7-12(14)4-3-11(13)6-10(8-15)9-16/h3-4,6-7H,2,5H2,1H3. The highest BCUT2D eigenvalue weighted by atomic mass is 19.1. The number of nitriles is 2. The Morgan fingerprint density at radius 3 is 2.71 bits per heavy atom. The predicted octanol–water partition coefficient (Wildman–Crippen LogP) is 3.05. The zero-order valence-corrected chi connectivity index (χ0v) is 9.40. The number of halogens is 1. The molecule has 0 saturated carbocycles. The SMILES string of the molecule is CCCOc1cc(F)ccc1C=C(C#N)C#N. The van der Waals surface area contributed by atoms with E-state index in [1.165, 1.54) is 24.3 Å². The lowest BCUT2D eigenvalue weighted by atomic mass is 10.1. The van der Waals surface area contributed by atoms with E-state index in [4.69, 9.17) is 15.3 Å². The van der Waals surface area contributed by atoms with E-state index < -0.39 is 5.82 Å². The van der Waals surface area contributed by atoms with Crippen LogP contribution in [0.3, 0.4) is 0 Å². The molecule has 0 fully saturated rings. The number of ether oxygens (including phenoxy) is 1. The van der Waals surface area contributed by atoms with Crippen molar-refractivity contribution in [3.8, 4) is 17.9 Å². The molecule has 0 spiro atoms. The van der Waals surface area contributed by atoms with Gasteiger partial charge in [0.25, 0.3) is 0 Å². The highest BCUT2D eigenvalue weighted by Crippen LogP contribution is 2.22. The van der Waals surface area contributed by atoms with E-state index in [-0.39, 0.29) is 5.57 Å². The van der Waals surface area contributed by atoms with Crippen molar-refractivity contribution in [3.05, 3.63) is 35.2 Å². The summed E-state index contributed by atoms with van der Waals surface area (Å²) in [6, 6.07) is 7.48. The van der Waals surface area contributed by atoms with Gasteiger partial charge in [-0.1, -0.05) is 6.92 Å². The molecule has 0 amide bonds. The first-order valence-electron chi connectivity index (χ1n) is 5.15. The molecule has 1 rings (SSSR count). The number of nitrogens with zero attached hydrogens (tertiary/aromatic N) is 2. The molecule has 0 aliphatic heterocycles. The molecule has 0 bridgehead atoms. The smallest absolute Gasteiger partial charge is 0.130 e. The first-order chi connectivity index (χ1) is 8.21. The summed E-state index contributed by atoms with van der Waals surface area (Å²) in [7, 11) is 0. The summed E-state index contributed by atoms with van der Waals surface area (Å²) in [6.45, 7) is 2.39. The lowest BCUT2D eigenvalue weighted by Crippen LogP contribution is -1.97. The molecule has 0 unspecified atom stereocenters. The van der Waals surface area contributed by atoms with E-state index >= 15 is 0 Å². The second-order valence-corrected chi connectivity index (χ2v) is 3.31. The van der Waals surface area contributed by atoms with Gasteiger partial charge in [-0.3, -0.25) is 0 Å². The summed E-state index contributed by atoms with van der Waals surface area (Å²) in [5.74, 6) is -0.0708. The molecule has 0 N–H and O–H groups in total. The van der Waals surface area contributed by atoms with Crippen LogP contribution in [0.25, 0.3) is 6.08 Å². The van der Waals surface area contributed by atoms with Gasteiger partial charge >= 0.3 is 0 Å². The van der Waals surface area contributed by atoms with Crippen LogP contribution in [0.2, 0.25) is 0 Å². The van der Waals surface area contributed by atoms with E-state index in [9.17, 15) is 4.39 Å². The van der Waals surface area contributed by atoms with E-state index in [0.717, 1.165) is 6.42 Å². The van der Waals surface area contributed by atoms with Gasteiger partial charge in [-0.25, -0.2) is 4.39 Å². The van der Waals surface area contributed by atoms with Crippen molar-refractivity contribution in [1.82, 2.24) is 0 Å². The normalized spacial score (nSPS) is 8.94. The van der Waals surface area contributed by atoms with Gasteiger partial charge in [-0.15, -0.1) is 0 Å². The van der Waals surface area contributed by atoms with E-state index in [0.29, 0.717) is 17.9 Å². The number of benzene rings is 1. The number of hydrogen-bond donors (Lipinski definition) is 0. The fourth-order valence-electron chi connectivity index (χ4n) is 1.21. The quantitative estimate of drug-likeness (QED) is 0.747. The minimum atomic E-state index is -0.413. The van der Waals surface area contributed by atoms with Crippen molar-refractivity contribution in [3.63, 3.8) is 0 Å². The summed E-state index contributed by atoms with van der Waals surface area (Å²) in [5, 5.41) is 17.3. The Hall–Kier alpha value is -2.33. The zero-order valence-electron chi connectivity index (χ0n) is 9.40. The van der Waals surface area contributed by atoms with Crippen molar-refractivity contribution >= 4 is 6.08 Å². The Labute approximate surface area is 99.4 Å². The lowest BCUT2D eigenvalue weighted by molar-refractivity contribution is 0.315. The van der Waals surface area contributed by atoms with Gasteiger partial charge in [0, 0.05) is 11.6 Å². The van der Waals surface area contributed by atoms with Crippen molar-refractivity contribution in [2.45, 2.75) is 13.3 Å². The van der Waals surface area contributed by atoms with Crippen LogP contribution in [0.15, 0.2) is 23.8 Å². The third kappa shape index (κ3) is 3.62. The number of hydrogen-bond acceptors (Lipinski definition) is 3. The second-order valence-electron chi connectivity index (χ2n) is 3.31. The van der Waals surface area contributed by atoms with Gasteiger partial charge < -0.3 is 4.74 Å². The van der Waals surface area contributed by atoms with Crippen LogP contribution in [0.1, 0.15) is 18.9 Å². The van der Waals surface area contributed by atoms with Crippen LogP contribution in [0.4, 0.5) is 4.39 Å². The van der Waals surface area contributed by atoms with Gasteiger partial charge in [-0.05, 0) is 24.6 Å². The molecular weight excluding hydrogens is 219 g/mol. The number of rotatable bonds is 4. The molecule has 0 atom stereocenters. The summed E-state index contributed by atoms with van der Waals surface area (Å²) < 4.78 is 18.4. The monoisotopic (exact) mass is 230 g/mol. The molecule has 17 heavy (non-hydrogen) atoms. The highest BCUT2D eigenvalue weighted by molar-refractivity contribution is 5.66. The van der Waals surface area contributed by atoms with Gasteiger partial charge in [0.2, 0.25) is 0 Å². The molecule has 0 heterocycles. The molecule has 4 heteroatoms. The second kappa shape index (κ2) is 6.30. The van der Waals surface area contributed by atoms with Gasteiger partial charge in [0.1, 0.15) is 29.3 Å². The molecule has 1 aromatic carbocycles. The molecule has 0 aliphatic carbocycles. The van der Waals surface area contributed by atoms with Crippen molar-refractivity contribution in [1.29, 1.82) is 10.5 Å². The summed E-state index contributed by atoms with van der Waals surface area (Å²) >= 11 is 0. The minimum Gasteiger partial charge on any atom is -0.493 e. The Balaban J connectivity index is 3.11. The summed E-state index contributed by atoms with van der Waals surface area (Å²) in [4.78, 5) is 0. The van der Waals surface area contributed by atoms with E-state index in [1.807, 2.05) is 6.92 Å². The third-order valence-electron chi connectivity index (χ3n) is 1.98. The van der Waals surface area contributed by atoms with Crippen LogP contribution < -0.4 is 4.74 Å². The van der Waals surface area contributed by atoms with Crippen LogP contribution in [0.5, 0.6) is 5.75 Å². The summed E-state index contributed by atoms with van der Waals surface area (Å²) in [5.41, 5.74) is 0.482. The van der Waals surface area contributed by atoms with Crippen LogP contribution in [-0.4, -0.2) is 6.61 Å². The molecule has 86 valence electrons. The Morgan fingerprint density at radius 1 is 1.41 bits per heavy atom. The largest absolute Gasteiger partial charge is 0.493 e. The average molecular weight is 230 g/mol.